The monoisotopic (exact) mass is 294 g/mol. The lowest BCUT2D eigenvalue weighted by molar-refractivity contribution is 0.189. The quantitative estimate of drug-likeness (QED) is 0.791. The van der Waals surface area contributed by atoms with Gasteiger partial charge in [0.2, 0.25) is 10.0 Å². The molecule has 0 amide bonds. The molecule has 0 unspecified atom stereocenters. The highest BCUT2D eigenvalue weighted by Crippen LogP contribution is 2.29. The number of sulfonamides is 1. The van der Waals surface area contributed by atoms with Crippen LogP contribution in [0.3, 0.4) is 0 Å². The van der Waals surface area contributed by atoms with Crippen LogP contribution in [-0.2, 0) is 10.0 Å². The number of nitrogen functional groups attached to an aromatic ring is 1. The summed E-state index contributed by atoms with van der Waals surface area (Å²) in [5, 5.41) is 9.39. The minimum atomic E-state index is -4.01. The number of anilines is 1. The van der Waals surface area contributed by atoms with E-state index < -0.39 is 26.8 Å². The summed E-state index contributed by atoms with van der Waals surface area (Å²) in [5.74, 6) is -1.01. The van der Waals surface area contributed by atoms with Gasteiger partial charge in [-0.15, -0.1) is 0 Å². The van der Waals surface area contributed by atoms with Crippen molar-refractivity contribution >= 4 is 27.3 Å². The molecule has 0 aliphatic carbocycles. The number of hydrogen-bond acceptors (Lipinski definition) is 4. The molecule has 1 atom stereocenters. The van der Waals surface area contributed by atoms with E-state index in [-0.39, 0.29) is 23.8 Å². The molecule has 0 bridgehead atoms. The standard InChI is InChI=1S/C10H12ClFN2O3S/c11-6-3-8(13)10(12)9(4-6)18(16,17)14-2-1-7(15)5-14/h3-4,7,15H,1-2,5,13H2/t7-/m0/s1. The van der Waals surface area contributed by atoms with Gasteiger partial charge in [0.05, 0.1) is 11.8 Å². The molecule has 0 saturated carbocycles. The van der Waals surface area contributed by atoms with Crippen molar-refractivity contribution in [1.82, 2.24) is 4.31 Å². The van der Waals surface area contributed by atoms with E-state index in [1.807, 2.05) is 0 Å². The maximum absolute atomic E-state index is 13.8. The van der Waals surface area contributed by atoms with Crippen LogP contribution in [0.1, 0.15) is 6.42 Å². The summed E-state index contributed by atoms with van der Waals surface area (Å²) in [6, 6.07) is 2.17. The van der Waals surface area contributed by atoms with Gasteiger partial charge in [0.25, 0.3) is 0 Å². The first-order valence-corrected chi connectivity index (χ1v) is 7.07. The summed E-state index contributed by atoms with van der Waals surface area (Å²) in [4.78, 5) is -0.554. The summed E-state index contributed by atoms with van der Waals surface area (Å²) in [5.41, 5.74) is 5.03. The van der Waals surface area contributed by atoms with Crippen LogP contribution in [0.2, 0.25) is 5.02 Å². The van der Waals surface area contributed by atoms with Gasteiger partial charge in [0.15, 0.2) is 5.82 Å². The molecule has 0 aromatic heterocycles. The molecule has 3 N–H and O–H groups in total. The summed E-state index contributed by atoms with van der Waals surface area (Å²) < 4.78 is 39.1. The molecular weight excluding hydrogens is 283 g/mol. The van der Waals surface area contributed by atoms with Gasteiger partial charge in [0.1, 0.15) is 4.90 Å². The van der Waals surface area contributed by atoms with E-state index in [4.69, 9.17) is 17.3 Å². The molecule has 1 aromatic rings. The Morgan fingerprint density at radius 3 is 2.72 bits per heavy atom. The highest BCUT2D eigenvalue weighted by atomic mass is 35.5. The predicted molar refractivity (Wildman–Crippen MR) is 65.2 cm³/mol. The number of halogens is 2. The molecule has 0 spiro atoms. The first kappa shape index (κ1) is 13.5. The second-order valence-corrected chi connectivity index (χ2v) is 6.46. The van der Waals surface area contributed by atoms with Gasteiger partial charge in [-0.25, -0.2) is 12.8 Å². The molecule has 8 heteroatoms. The first-order valence-electron chi connectivity index (χ1n) is 5.25. The highest BCUT2D eigenvalue weighted by Gasteiger charge is 2.34. The minimum absolute atomic E-state index is 0.0474. The van der Waals surface area contributed by atoms with E-state index in [9.17, 15) is 17.9 Å². The number of nitrogens with zero attached hydrogens (tertiary/aromatic N) is 1. The van der Waals surface area contributed by atoms with E-state index in [1.165, 1.54) is 0 Å². The molecule has 1 aromatic carbocycles. The van der Waals surface area contributed by atoms with Gasteiger partial charge in [-0.1, -0.05) is 11.6 Å². The van der Waals surface area contributed by atoms with Gasteiger partial charge >= 0.3 is 0 Å². The number of benzene rings is 1. The molecule has 1 aliphatic heterocycles. The molecule has 1 heterocycles. The van der Waals surface area contributed by atoms with E-state index >= 15 is 0 Å². The van der Waals surface area contributed by atoms with Crippen LogP contribution in [0.25, 0.3) is 0 Å². The van der Waals surface area contributed by atoms with Crippen LogP contribution in [0.15, 0.2) is 17.0 Å². The molecule has 100 valence electrons. The van der Waals surface area contributed by atoms with Crippen LogP contribution in [0, 0.1) is 5.82 Å². The Morgan fingerprint density at radius 1 is 1.50 bits per heavy atom. The van der Waals surface area contributed by atoms with Crippen molar-refractivity contribution < 1.29 is 17.9 Å². The van der Waals surface area contributed by atoms with Gasteiger partial charge in [0, 0.05) is 18.1 Å². The zero-order chi connectivity index (χ0) is 13.5. The van der Waals surface area contributed by atoms with Crippen LogP contribution >= 0.6 is 11.6 Å². The highest BCUT2D eigenvalue weighted by molar-refractivity contribution is 7.89. The van der Waals surface area contributed by atoms with E-state index in [0.29, 0.717) is 6.42 Å². The van der Waals surface area contributed by atoms with Crippen molar-refractivity contribution in [3.8, 4) is 0 Å². The summed E-state index contributed by atoms with van der Waals surface area (Å²) >= 11 is 5.68. The smallest absolute Gasteiger partial charge is 0.246 e. The third-order valence-corrected chi connectivity index (χ3v) is 4.86. The van der Waals surface area contributed by atoms with E-state index in [0.717, 1.165) is 16.4 Å². The molecule has 1 saturated heterocycles. The van der Waals surface area contributed by atoms with Gasteiger partial charge in [-0.2, -0.15) is 4.31 Å². The van der Waals surface area contributed by atoms with Crippen molar-refractivity contribution in [1.29, 1.82) is 0 Å². The Balaban J connectivity index is 2.48. The molecular formula is C10H12ClFN2O3S. The lowest BCUT2D eigenvalue weighted by Gasteiger charge is -2.17. The number of rotatable bonds is 2. The molecule has 18 heavy (non-hydrogen) atoms. The number of β-amino-alcohol motifs (C(OH)–C–C–N with tert-alkyl or cyclic N) is 1. The lowest BCUT2D eigenvalue weighted by Crippen LogP contribution is -2.30. The van der Waals surface area contributed by atoms with Gasteiger partial charge in [-0.05, 0) is 18.6 Å². The Kier molecular flexibility index (Phi) is 3.50. The van der Waals surface area contributed by atoms with Gasteiger partial charge < -0.3 is 10.8 Å². The average Bonchev–Trinajstić information content (AvgIpc) is 2.70. The van der Waals surface area contributed by atoms with Crippen molar-refractivity contribution in [3.63, 3.8) is 0 Å². The second-order valence-electron chi connectivity index (χ2n) is 4.11. The SMILES string of the molecule is Nc1cc(Cl)cc(S(=O)(=O)N2CC[C@H](O)C2)c1F. The maximum Gasteiger partial charge on any atom is 0.246 e. The van der Waals surface area contributed by atoms with Crippen molar-refractivity contribution in [2.75, 3.05) is 18.8 Å². The topological polar surface area (TPSA) is 83.6 Å². The fourth-order valence-corrected chi connectivity index (χ4v) is 3.74. The van der Waals surface area contributed by atoms with Crippen molar-refractivity contribution in [3.05, 3.63) is 23.0 Å². The fraction of sp³-hybridized carbons (Fsp3) is 0.400. The second kappa shape index (κ2) is 4.65. The number of nitrogens with two attached hydrogens (primary N) is 1. The Hall–Kier alpha value is -0.890. The molecule has 5 nitrogen and oxygen atoms in total. The lowest BCUT2D eigenvalue weighted by atomic mass is 10.3. The maximum atomic E-state index is 13.8. The number of aliphatic hydroxyl groups excluding tert-OH is 1. The summed E-state index contributed by atoms with van der Waals surface area (Å²) in [6.07, 6.45) is -0.393. The average molecular weight is 295 g/mol. The van der Waals surface area contributed by atoms with Crippen LogP contribution in [-0.4, -0.2) is 37.0 Å². The summed E-state index contributed by atoms with van der Waals surface area (Å²) in [6.45, 7) is 0.101. The predicted octanol–water partition coefficient (Wildman–Crippen LogP) is 0.817. The Bertz CT molecular complexity index is 579. The third-order valence-electron chi connectivity index (χ3n) is 2.78. The Labute approximate surface area is 109 Å². The largest absolute Gasteiger partial charge is 0.396 e. The molecule has 0 radical (unpaired) electrons. The normalized spacial score (nSPS) is 21.4. The Morgan fingerprint density at radius 2 is 2.17 bits per heavy atom. The minimum Gasteiger partial charge on any atom is -0.396 e. The van der Waals surface area contributed by atoms with Crippen LogP contribution < -0.4 is 5.73 Å². The van der Waals surface area contributed by atoms with Gasteiger partial charge in [-0.3, -0.25) is 0 Å². The zero-order valence-corrected chi connectivity index (χ0v) is 10.9. The zero-order valence-electron chi connectivity index (χ0n) is 9.31. The molecule has 1 aliphatic rings. The first-order chi connectivity index (χ1) is 8.32. The van der Waals surface area contributed by atoms with Crippen LogP contribution in [0.5, 0.6) is 0 Å². The number of hydrogen-bond donors (Lipinski definition) is 2. The van der Waals surface area contributed by atoms with E-state index in [2.05, 4.69) is 0 Å². The van der Waals surface area contributed by atoms with E-state index in [1.54, 1.807) is 0 Å². The summed E-state index contributed by atoms with van der Waals surface area (Å²) in [7, 11) is -4.01. The molecule has 2 rings (SSSR count). The van der Waals surface area contributed by atoms with Crippen molar-refractivity contribution in [2.45, 2.75) is 17.4 Å². The van der Waals surface area contributed by atoms with Crippen molar-refractivity contribution in [2.24, 2.45) is 0 Å². The number of aliphatic hydroxyl groups is 1. The molecule has 1 fully saturated rings. The fourth-order valence-electron chi connectivity index (χ4n) is 1.84. The van der Waals surface area contributed by atoms with Crippen LogP contribution in [0.4, 0.5) is 10.1 Å². The third kappa shape index (κ3) is 2.31.